The van der Waals surface area contributed by atoms with Gasteiger partial charge in [0.25, 0.3) is 0 Å². The zero-order valence-electron chi connectivity index (χ0n) is 16.7. The summed E-state index contributed by atoms with van der Waals surface area (Å²) >= 11 is 12.4. The quantitative estimate of drug-likeness (QED) is 0.339. The van der Waals surface area contributed by atoms with E-state index >= 15 is 0 Å². The molecule has 7 heteroatoms. The molecule has 0 aliphatic rings. The average Bonchev–Trinajstić information content (AvgIpc) is 3.18. The molecule has 4 aromatic rings. The van der Waals surface area contributed by atoms with E-state index in [1.54, 1.807) is 28.8 Å². The molecule has 32 heavy (non-hydrogen) atoms. The summed E-state index contributed by atoms with van der Waals surface area (Å²) in [6.07, 6.45) is 0.338. The first-order chi connectivity index (χ1) is 15.4. The number of hydrogen-bond donors (Lipinski definition) is 2. The van der Waals surface area contributed by atoms with Crippen LogP contribution >= 0.6 is 23.2 Å². The number of rotatable bonds is 6. The van der Waals surface area contributed by atoms with Crippen LogP contribution in [-0.4, -0.2) is 27.4 Å². The SMILES string of the molecule is O=C(O)c1cc(-c2ccccc2)n(-c2cc(Cl)ccc2CCO)c1-c1ccc(F)c(Cl)c1. The molecule has 0 fully saturated rings. The Labute approximate surface area is 194 Å². The van der Waals surface area contributed by atoms with Crippen LogP contribution in [0.4, 0.5) is 4.39 Å². The van der Waals surface area contributed by atoms with Gasteiger partial charge in [0.1, 0.15) is 5.82 Å². The Hall–Kier alpha value is -3.12. The van der Waals surface area contributed by atoms with Crippen LogP contribution in [0.3, 0.4) is 0 Å². The molecule has 4 nitrogen and oxygen atoms in total. The van der Waals surface area contributed by atoms with Crippen LogP contribution in [-0.2, 0) is 6.42 Å². The van der Waals surface area contributed by atoms with Gasteiger partial charge in [-0.25, -0.2) is 9.18 Å². The lowest BCUT2D eigenvalue weighted by Gasteiger charge is -2.19. The molecule has 4 rings (SSSR count). The van der Waals surface area contributed by atoms with Crippen LogP contribution in [0.25, 0.3) is 28.2 Å². The van der Waals surface area contributed by atoms with Crippen molar-refractivity contribution in [1.82, 2.24) is 4.57 Å². The summed E-state index contributed by atoms with van der Waals surface area (Å²) in [7, 11) is 0. The van der Waals surface area contributed by atoms with Crippen molar-refractivity contribution in [1.29, 1.82) is 0 Å². The molecule has 2 N–H and O–H groups in total. The van der Waals surface area contributed by atoms with Crippen molar-refractivity contribution in [3.05, 3.63) is 99.8 Å². The van der Waals surface area contributed by atoms with E-state index in [0.717, 1.165) is 11.1 Å². The number of hydrogen-bond acceptors (Lipinski definition) is 2. The molecular weight excluding hydrogens is 452 g/mol. The van der Waals surface area contributed by atoms with Gasteiger partial charge in [-0.1, -0.05) is 59.6 Å². The minimum atomic E-state index is -1.14. The lowest BCUT2D eigenvalue weighted by atomic mass is 10.1. The second kappa shape index (κ2) is 9.17. The Balaban J connectivity index is 2.14. The van der Waals surface area contributed by atoms with Crippen molar-refractivity contribution in [2.45, 2.75) is 6.42 Å². The van der Waals surface area contributed by atoms with E-state index in [0.29, 0.717) is 34.1 Å². The number of aliphatic hydroxyl groups excluding tert-OH is 1. The molecule has 162 valence electrons. The Morgan fingerprint density at radius 3 is 2.34 bits per heavy atom. The van der Waals surface area contributed by atoms with E-state index < -0.39 is 11.8 Å². The number of aromatic nitrogens is 1. The number of carboxylic acids is 1. The molecule has 0 bridgehead atoms. The summed E-state index contributed by atoms with van der Waals surface area (Å²) in [4.78, 5) is 12.3. The number of nitrogens with zero attached hydrogens (tertiary/aromatic N) is 1. The molecule has 0 saturated carbocycles. The second-order valence-corrected chi connectivity index (χ2v) is 8.02. The predicted octanol–water partition coefficient (Wildman–Crippen LogP) is 6.49. The average molecular weight is 470 g/mol. The molecule has 0 spiro atoms. The Morgan fingerprint density at radius 2 is 1.69 bits per heavy atom. The summed E-state index contributed by atoms with van der Waals surface area (Å²) in [6.45, 7) is -0.0972. The minimum Gasteiger partial charge on any atom is -0.478 e. The highest BCUT2D eigenvalue weighted by molar-refractivity contribution is 6.31. The van der Waals surface area contributed by atoms with Gasteiger partial charge in [-0.3, -0.25) is 0 Å². The van der Waals surface area contributed by atoms with Crippen molar-refractivity contribution in [3.63, 3.8) is 0 Å². The van der Waals surface area contributed by atoms with E-state index in [4.69, 9.17) is 23.2 Å². The largest absolute Gasteiger partial charge is 0.478 e. The van der Waals surface area contributed by atoms with Gasteiger partial charge in [0.2, 0.25) is 0 Å². The smallest absolute Gasteiger partial charge is 0.337 e. The molecule has 1 aromatic heterocycles. The van der Waals surface area contributed by atoms with Gasteiger partial charge >= 0.3 is 5.97 Å². The number of aromatic carboxylic acids is 1. The summed E-state index contributed by atoms with van der Waals surface area (Å²) in [6, 6.07) is 20.2. The highest BCUT2D eigenvalue weighted by Crippen LogP contribution is 2.38. The minimum absolute atomic E-state index is 0.0291. The first-order valence-electron chi connectivity index (χ1n) is 9.80. The number of aliphatic hydroxyl groups is 1. The molecule has 0 aliphatic heterocycles. The van der Waals surface area contributed by atoms with Gasteiger partial charge in [-0.05, 0) is 53.9 Å². The summed E-state index contributed by atoms with van der Waals surface area (Å²) in [5.41, 5.74) is 3.58. The molecule has 0 aliphatic carbocycles. The van der Waals surface area contributed by atoms with E-state index in [1.807, 2.05) is 30.3 Å². The summed E-state index contributed by atoms with van der Waals surface area (Å²) in [5, 5.41) is 20.0. The molecule has 0 unspecified atom stereocenters. The monoisotopic (exact) mass is 469 g/mol. The lowest BCUT2D eigenvalue weighted by molar-refractivity contribution is 0.0698. The van der Waals surface area contributed by atoms with E-state index in [9.17, 15) is 19.4 Å². The Bertz CT molecular complexity index is 1300. The fourth-order valence-electron chi connectivity index (χ4n) is 3.75. The van der Waals surface area contributed by atoms with Gasteiger partial charge in [-0.15, -0.1) is 0 Å². The Kier molecular flexibility index (Phi) is 6.33. The molecule has 1 heterocycles. The number of benzene rings is 3. The maximum atomic E-state index is 13.9. The summed E-state index contributed by atoms with van der Waals surface area (Å²) in [5.74, 6) is -1.74. The lowest BCUT2D eigenvalue weighted by Crippen LogP contribution is -2.07. The third-order valence-electron chi connectivity index (χ3n) is 5.16. The predicted molar refractivity (Wildman–Crippen MR) is 124 cm³/mol. The first-order valence-corrected chi connectivity index (χ1v) is 10.6. The Morgan fingerprint density at radius 1 is 0.938 bits per heavy atom. The van der Waals surface area contributed by atoms with E-state index in [-0.39, 0.29) is 17.2 Å². The number of carboxylic acid groups (broad SMARTS) is 1. The van der Waals surface area contributed by atoms with Gasteiger partial charge in [0.15, 0.2) is 0 Å². The van der Waals surface area contributed by atoms with Crippen molar-refractivity contribution < 1.29 is 19.4 Å². The zero-order valence-corrected chi connectivity index (χ0v) is 18.2. The molecule has 3 aromatic carbocycles. The zero-order chi connectivity index (χ0) is 22.8. The highest BCUT2D eigenvalue weighted by atomic mass is 35.5. The molecule has 0 radical (unpaired) electrons. The van der Waals surface area contributed by atoms with Crippen LogP contribution in [0.15, 0.2) is 72.8 Å². The third-order valence-corrected chi connectivity index (χ3v) is 5.69. The maximum Gasteiger partial charge on any atom is 0.337 e. The second-order valence-electron chi connectivity index (χ2n) is 7.17. The molecule has 0 saturated heterocycles. The van der Waals surface area contributed by atoms with Crippen LogP contribution in [0.1, 0.15) is 15.9 Å². The van der Waals surface area contributed by atoms with Gasteiger partial charge in [0.05, 0.1) is 27.7 Å². The maximum absolute atomic E-state index is 13.9. The molecule has 0 amide bonds. The fourth-order valence-corrected chi connectivity index (χ4v) is 4.10. The standard InChI is InChI=1S/C25H18Cl2FNO3/c26-18-8-6-16(10-11-30)22(13-18)29-23(15-4-2-1-3-5-15)14-19(25(31)32)24(29)17-7-9-21(28)20(27)12-17/h1-9,12-14,30H,10-11H2,(H,31,32). The number of halogens is 3. The topological polar surface area (TPSA) is 62.5 Å². The fraction of sp³-hybridized carbons (Fsp3) is 0.0800. The van der Waals surface area contributed by atoms with Gasteiger partial charge in [0, 0.05) is 17.2 Å². The highest BCUT2D eigenvalue weighted by Gasteiger charge is 2.25. The van der Waals surface area contributed by atoms with Gasteiger partial charge in [-0.2, -0.15) is 0 Å². The van der Waals surface area contributed by atoms with Crippen molar-refractivity contribution >= 4 is 29.2 Å². The normalized spacial score (nSPS) is 11.0. The van der Waals surface area contributed by atoms with E-state index in [2.05, 4.69) is 0 Å². The van der Waals surface area contributed by atoms with Gasteiger partial charge < -0.3 is 14.8 Å². The van der Waals surface area contributed by atoms with Crippen molar-refractivity contribution in [3.8, 4) is 28.2 Å². The summed E-state index contributed by atoms with van der Waals surface area (Å²) < 4.78 is 15.7. The van der Waals surface area contributed by atoms with Crippen LogP contribution in [0, 0.1) is 5.82 Å². The first kappa shape index (κ1) is 22.1. The van der Waals surface area contributed by atoms with Crippen molar-refractivity contribution in [2.24, 2.45) is 0 Å². The van der Waals surface area contributed by atoms with Crippen LogP contribution < -0.4 is 0 Å². The molecular formula is C25H18Cl2FNO3. The van der Waals surface area contributed by atoms with Crippen LogP contribution in [0.5, 0.6) is 0 Å². The number of carbonyl (C=O) groups is 1. The van der Waals surface area contributed by atoms with E-state index in [1.165, 1.54) is 18.2 Å². The third kappa shape index (κ3) is 4.15. The van der Waals surface area contributed by atoms with Crippen LogP contribution in [0.2, 0.25) is 10.0 Å². The van der Waals surface area contributed by atoms with Crippen molar-refractivity contribution in [2.75, 3.05) is 6.61 Å². The molecule has 0 atom stereocenters.